The van der Waals surface area contributed by atoms with E-state index in [0.717, 1.165) is 11.3 Å². The van der Waals surface area contributed by atoms with Gasteiger partial charge in [-0.25, -0.2) is 0 Å². The number of carbonyl (C=O) groups is 2. The van der Waals surface area contributed by atoms with Gasteiger partial charge in [0.2, 0.25) is 0 Å². The summed E-state index contributed by atoms with van der Waals surface area (Å²) < 4.78 is 6.86. The monoisotopic (exact) mass is 386 g/mol. The van der Waals surface area contributed by atoms with E-state index in [1.165, 1.54) is 6.26 Å². The number of aromatic nitrogens is 2. The Bertz CT molecular complexity index is 1100. The largest absolute Gasteiger partial charge is 0.459 e. The maximum atomic E-state index is 12.7. The number of para-hydroxylation sites is 1. The molecule has 0 unspecified atom stereocenters. The summed E-state index contributed by atoms with van der Waals surface area (Å²) in [6, 6.07) is 19.3. The van der Waals surface area contributed by atoms with Crippen LogP contribution < -0.4 is 10.6 Å². The molecule has 0 fully saturated rings. The van der Waals surface area contributed by atoms with Gasteiger partial charge in [0.05, 0.1) is 12.8 Å². The first-order chi connectivity index (χ1) is 14.2. The van der Waals surface area contributed by atoms with Gasteiger partial charge in [-0.05, 0) is 54.1 Å². The molecule has 2 N–H and O–H groups in total. The number of hydrogen-bond donors (Lipinski definition) is 2. The number of nitrogens with one attached hydrogen (secondary N) is 2. The molecular weight excluding hydrogens is 368 g/mol. The first-order valence-electron chi connectivity index (χ1n) is 9.00. The second kappa shape index (κ2) is 8.26. The molecule has 144 valence electrons. The van der Waals surface area contributed by atoms with Crippen LogP contribution in [-0.2, 0) is 6.54 Å². The van der Waals surface area contributed by atoms with Gasteiger partial charge < -0.3 is 15.1 Å². The minimum absolute atomic E-state index is 0.223. The lowest BCUT2D eigenvalue weighted by Gasteiger charge is -2.12. The highest BCUT2D eigenvalue weighted by Gasteiger charge is 2.11. The van der Waals surface area contributed by atoms with Crippen LogP contribution in [0.5, 0.6) is 0 Å². The number of hydrogen-bond acceptors (Lipinski definition) is 4. The molecule has 4 rings (SSSR count). The number of benzene rings is 2. The van der Waals surface area contributed by atoms with Gasteiger partial charge in [0.1, 0.15) is 0 Å². The van der Waals surface area contributed by atoms with E-state index in [1.807, 2.05) is 36.5 Å². The zero-order valence-electron chi connectivity index (χ0n) is 15.4. The van der Waals surface area contributed by atoms with Gasteiger partial charge in [0.25, 0.3) is 11.8 Å². The molecule has 0 aliphatic heterocycles. The molecule has 29 heavy (non-hydrogen) atoms. The van der Waals surface area contributed by atoms with Crippen LogP contribution in [-0.4, -0.2) is 21.6 Å². The molecule has 2 heterocycles. The number of carbonyl (C=O) groups excluding carboxylic acids is 2. The van der Waals surface area contributed by atoms with Gasteiger partial charge in [-0.3, -0.25) is 14.3 Å². The number of amides is 2. The molecule has 0 atom stereocenters. The van der Waals surface area contributed by atoms with Crippen LogP contribution in [0.1, 0.15) is 26.5 Å². The van der Waals surface area contributed by atoms with Gasteiger partial charge in [-0.2, -0.15) is 5.10 Å². The van der Waals surface area contributed by atoms with Crippen molar-refractivity contribution in [3.8, 4) is 0 Å². The van der Waals surface area contributed by atoms with Crippen LogP contribution in [0, 0.1) is 0 Å². The summed E-state index contributed by atoms with van der Waals surface area (Å²) in [6.07, 6.45) is 5.02. The Balaban J connectivity index is 1.43. The lowest BCUT2D eigenvalue weighted by atomic mass is 10.1. The normalized spacial score (nSPS) is 10.5. The molecule has 0 bridgehead atoms. The number of rotatable bonds is 6. The summed E-state index contributed by atoms with van der Waals surface area (Å²) in [5.74, 6) is -0.359. The summed E-state index contributed by atoms with van der Waals surface area (Å²) in [6.45, 7) is 0.557. The third kappa shape index (κ3) is 4.41. The van der Waals surface area contributed by atoms with Crippen molar-refractivity contribution >= 4 is 23.2 Å². The van der Waals surface area contributed by atoms with E-state index in [2.05, 4.69) is 15.7 Å². The molecule has 0 aliphatic rings. The average molecular weight is 386 g/mol. The van der Waals surface area contributed by atoms with Crippen molar-refractivity contribution in [2.45, 2.75) is 6.54 Å². The van der Waals surface area contributed by atoms with Gasteiger partial charge >= 0.3 is 0 Å². The van der Waals surface area contributed by atoms with Crippen LogP contribution in [0.2, 0.25) is 0 Å². The van der Waals surface area contributed by atoms with Crippen molar-refractivity contribution in [2.75, 3.05) is 10.6 Å². The summed E-state index contributed by atoms with van der Waals surface area (Å²) in [4.78, 5) is 24.7. The summed E-state index contributed by atoms with van der Waals surface area (Å²) in [5.41, 5.74) is 2.73. The topological polar surface area (TPSA) is 89.2 Å². The maximum absolute atomic E-state index is 12.7. The minimum Gasteiger partial charge on any atom is -0.459 e. The molecule has 2 amide bonds. The quantitative estimate of drug-likeness (QED) is 0.524. The first kappa shape index (κ1) is 18.2. The van der Waals surface area contributed by atoms with Crippen molar-refractivity contribution in [3.63, 3.8) is 0 Å². The van der Waals surface area contributed by atoms with E-state index in [1.54, 1.807) is 47.3 Å². The number of anilines is 2. The lowest BCUT2D eigenvalue weighted by Crippen LogP contribution is -2.15. The zero-order chi connectivity index (χ0) is 20.1. The van der Waals surface area contributed by atoms with E-state index < -0.39 is 0 Å². The number of furan rings is 1. The lowest BCUT2D eigenvalue weighted by molar-refractivity contribution is 0.0995. The fourth-order valence-corrected chi connectivity index (χ4v) is 2.85. The standard InChI is InChI=1S/C22H18N4O3/c27-21(25-19-6-2-1-5-17(19)15-26-13-4-12-23-26)16-8-10-18(11-9-16)24-22(28)20-7-3-14-29-20/h1-14H,15H2,(H,24,28)(H,25,27). The smallest absolute Gasteiger partial charge is 0.291 e. The second-order valence-electron chi connectivity index (χ2n) is 6.32. The van der Waals surface area contributed by atoms with Crippen LogP contribution in [0.15, 0.2) is 89.8 Å². The van der Waals surface area contributed by atoms with Gasteiger partial charge in [-0.1, -0.05) is 18.2 Å². The van der Waals surface area contributed by atoms with E-state index in [4.69, 9.17) is 4.42 Å². The van der Waals surface area contributed by atoms with Crippen molar-refractivity contribution in [3.05, 3.63) is 102 Å². The zero-order valence-corrected chi connectivity index (χ0v) is 15.4. The molecule has 0 spiro atoms. The SMILES string of the molecule is O=C(Nc1ccccc1Cn1cccn1)c1ccc(NC(=O)c2ccco2)cc1. The first-order valence-corrected chi connectivity index (χ1v) is 9.00. The summed E-state index contributed by atoms with van der Waals surface area (Å²) in [5, 5.41) is 9.86. The Kier molecular flexibility index (Phi) is 5.20. The van der Waals surface area contributed by atoms with Crippen LogP contribution in [0.25, 0.3) is 0 Å². The molecule has 0 aliphatic carbocycles. The molecule has 7 nitrogen and oxygen atoms in total. The third-order valence-electron chi connectivity index (χ3n) is 4.31. The summed E-state index contributed by atoms with van der Waals surface area (Å²) >= 11 is 0. The van der Waals surface area contributed by atoms with Gasteiger partial charge in [-0.15, -0.1) is 0 Å². The van der Waals surface area contributed by atoms with E-state index in [-0.39, 0.29) is 17.6 Å². The fraction of sp³-hybridized carbons (Fsp3) is 0.0455. The van der Waals surface area contributed by atoms with Crippen LogP contribution >= 0.6 is 0 Å². The highest BCUT2D eigenvalue weighted by molar-refractivity contribution is 6.05. The molecule has 2 aromatic carbocycles. The van der Waals surface area contributed by atoms with Crippen LogP contribution in [0.3, 0.4) is 0 Å². The maximum Gasteiger partial charge on any atom is 0.291 e. The fourth-order valence-electron chi connectivity index (χ4n) is 2.85. The Morgan fingerprint density at radius 1 is 0.897 bits per heavy atom. The van der Waals surface area contributed by atoms with E-state index >= 15 is 0 Å². The molecule has 2 aromatic heterocycles. The van der Waals surface area contributed by atoms with E-state index in [9.17, 15) is 9.59 Å². The predicted molar refractivity (Wildman–Crippen MR) is 109 cm³/mol. The highest BCUT2D eigenvalue weighted by Crippen LogP contribution is 2.18. The molecule has 7 heteroatoms. The molecule has 0 radical (unpaired) electrons. The second-order valence-corrected chi connectivity index (χ2v) is 6.32. The van der Waals surface area contributed by atoms with Crippen LogP contribution in [0.4, 0.5) is 11.4 Å². The Morgan fingerprint density at radius 2 is 1.72 bits per heavy atom. The Hall–Kier alpha value is -4.13. The summed E-state index contributed by atoms with van der Waals surface area (Å²) in [7, 11) is 0. The Labute approximate surface area is 167 Å². The van der Waals surface area contributed by atoms with Crippen molar-refractivity contribution < 1.29 is 14.0 Å². The molecule has 4 aromatic rings. The molecule has 0 saturated heterocycles. The third-order valence-corrected chi connectivity index (χ3v) is 4.31. The molecular formula is C22H18N4O3. The van der Waals surface area contributed by atoms with Crippen molar-refractivity contribution in [1.82, 2.24) is 9.78 Å². The Morgan fingerprint density at radius 3 is 2.45 bits per heavy atom. The predicted octanol–water partition coefficient (Wildman–Crippen LogP) is 4.03. The molecule has 0 saturated carbocycles. The van der Waals surface area contributed by atoms with E-state index in [0.29, 0.717) is 17.8 Å². The average Bonchev–Trinajstić information content (AvgIpc) is 3.44. The van der Waals surface area contributed by atoms with Crippen molar-refractivity contribution in [2.24, 2.45) is 0 Å². The van der Waals surface area contributed by atoms with Crippen molar-refractivity contribution in [1.29, 1.82) is 0 Å². The van der Waals surface area contributed by atoms with Gasteiger partial charge in [0.15, 0.2) is 5.76 Å². The van der Waals surface area contributed by atoms with Gasteiger partial charge in [0, 0.05) is 29.3 Å². The minimum atomic E-state index is -0.347. The highest BCUT2D eigenvalue weighted by atomic mass is 16.3. The number of nitrogens with zero attached hydrogens (tertiary/aromatic N) is 2.